The molecule has 2 heteroatoms. The molecule has 2 aromatic carbocycles. The van der Waals surface area contributed by atoms with Crippen molar-refractivity contribution in [3.63, 3.8) is 0 Å². The lowest BCUT2D eigenvalue weighted by molar-refractivity contribution is 0.179. The highest BCUT2D eigenvalue weighted by Crippen LogP contribution is 2.32. The van der Waals surface area contributed by atoms with Crippen LogP contribution in [0.3, 0.4) is 0 Å². The van der Waals surface area contributed by atoms with Crippen LogP contribution in [0.2, 0.25) is 0 Å². The molecule has 1 aliphatic carbocycles. The Morgan fingerprint density at radius 3 is 2.52 bits per heavy atom. The van der Waals surface area contributed by atoms with Gasteiger partial charge in [0.25, 0.3) is 0 Å². The molecule has 0 bridgehead atoms. The summed E-state index contributed by atoms with van der Waals surface area (Å²) < 4.78 is 5.53. The Hall–Kier alpha value is -2.28. The molecular weight excluding hydrogens is 284 g/mol. The second kappa shape index (κ2) is 7.32. The molecular formula is C21H22O2. The highest BCUT2D eigenvalue weighted by Gasteiger charge is 2.17. The van der Waals surface area contributed by atoms with Gasteiger partial charge < -0.3 is 9.84 Å². The van der Waals surface area contributed by atoms with Crippen molar-refractivity contribution >= 4 is 5.57 Å². The Morgan fingerprint density at radius 2 is 1.78 bits per heavy atom. The SMILES string of the molecule is COc1ccccc1C(=C=C1CCCC[C@H]1O)c1ccccc1. The van der Waals surface area contributed by atoms with Gasteiger partial charge in [-0.1, -0.05) is 48.9 Å². The molecule has 1 atom stereocenters. The van der Waals surface area contributed by atoms with Crippen molar-refractivity contribution in [2.45, 2.75) is 31.8 Å². The van der Waals surface area contributed by atoms with Gasteiger partial charge in [0.2, 0.25) is 0 Å². The molecule has 1 fully saturated rings. The van der Waals surface area contributed by atoms with Crippen LogP contribution in [0.5, 0.6) is 5.75 Å². The van der Waals surface area contributed by atoms with Gasteiger partial charge in [-0.2, -0.15) is 0 Å². The van der Waals surface area contributed by atoms with Crippen molar-refractivity contribution in [1.29, 1.82) is 0 Å². The average Bonchev–Trinajstić information content (AvgIpc) is 2.62. The number of aliphatic hydroxyl groups excluding tert-OH is 1. The molecule has 0 aliphatic heterocycles. The molecule has 0 unspecified atom stereocenters. The monoisotopic (exact) mass is 306 g/mol. The van der Waals surface area contributed by atoms with Crippen LogP contribution in [0.15, 0.2) is 65.9 Å². The number of benzene rings is 2. The van der Waals surface area contributed by atoms with Crippen molar-refractivity contribution in [2.24, 2.45) is 0 Å². The Kier molecular flexibility index (Phi) is 4.97. The van der Waals surface area contributed by atoms with Gasteiger partial charge in [0.1, 0.15) is 5.75 Å². The first kappa shape index (κ1) is 15.6. The molecule has 2 nitrogen and oxygen atoms in total. The summed E-state index contributed by atoms with van der Waals surface area (Å²) in [6, 6.07) is 18.2. The van der Waals surface area contributed by atoms with Crippen LogP contribution >= 0.6 is 0 Å². The van der Waals surface area contributed by atoms with Crippen molar-refractivity contribution in [3.05, 3.63) is 77.0 Å². The minimum Gasteiger partial charge on any atom is -0.496 e. The maximum absolute atomic E-state index is 10.3. The first-order chi connectivity index (χ1) is 11.3. The molecule has 0 radical (unpaired) electrons. The molecule has 3 rings (SSSR count). The lowest BCUT2D eigenvalue weighted by atomic mass is 9.90. The van der Waals surface area contributed by atoms with E-state index in [1.54, 1.807) is 7.11 Å². The zero-order valence-corrected chi connectivity index (χ0v) is 13.5. The molecule has 0 aromatic heterocycles. The van der Waals surface area contributed by atoms with Gasteiger partial charge in [0.05, 0.1) is 13.2 Å². The molecule has 118 valence electrons. The van der Waals surface area contributed by atoms with E-state index in [9.17, 15) is 5.11 Å². The van der Waals surface area contributed by atoms with Crippen LogP contribution in [0.4, 0.5) is 0 Å². The van der Waals surface area contributed by atoms with E-state index in [0.29, 0.717) is 0 Å². The van der Waals surface area contributed by atoms with Crippen molar-refractivity contribution in [1.82, 2.24) is 0 Å². The van der Waals surface area contributed by atoms with Crippen molar-refractivity contribution < 1.29 is 9.84 Å². The molecule has 1 aliphatic rings. The van der Waals surface area contributed by atoms with E-state index >= 15 is 0 Å². The summed E-state index contributed by atoms with van der Waals surface area (Å²) in [6.07, 6.45) is 3.56. The standard InChI is InChI=1S/C21H22O2/c1-23-21-14-8-6-12-18(21)19(16-9-3-2-4-10-16)15-17-11-5-7-13-20(17)22/h2-4,6,8-10,12,14,20,22H,5,7,11,13H2,1H3/t15?,20-/m1/s1. The molecule has 0 saturated heterocycles. The topological polar surface area (TPSA) is 29.5 Å². The molecule has 2 aromatic rings. The smallest absolute Gasteiger partial charge is 0.127 e. The fourth-order valence-electron chi connectivity index (χ4n) is 3.05. The van der Waals surface area contributed by atoms with E-state index in [1.807, 2.05) is 42.5 Å². The quantitative estimate of drug-likeness (QED) is 0.841. The lowest BCUT2D eigenvalue weighted by Gasteiger charge is -2.19. The molecule has 0 heterocycles. The van der Waals surface area contributed by atoms with Gasteiger partial charge in [0.15, 0.2) is 0 Å². The van der Waals surface area contributed by atoms with E-state index < -0.39 is 0 Å². The summed E-state index contributed by atoms with van der Waals surface area (Å²) >= 11 is 0. The zero-order chi connectivity index (χ0) is 16.1. The molecule has 0 spiro atoms. The minimum absolute atomic E-state index is 0.378. The predicted molar refractivity (Wildman–Crippen MR) is 93.4 cm³/mol. The van der Waals surface area contributed by atoms with Crippen LogP contribution in [-0.4, -0.2) is 18.3 Å². The summed E-state index contributed by atoms with van der Waals surface area (Å²) in [5, 5.41) is 10.3. The summed E-state index contributed by atoms with van der Waals surface area (Å²) in [6.45, 7) is 0. The fourth-order valence-corrected chi connectivity index (χ4v) is 3.05. The second-order valence-corrected chi connectivity index (χ2v) is 5.85. The van der Waals surface area contributed by atoms with Gasteiger partial charge >= 0.3 is 0 Å². The largest absolute Gasteiger partial charge is 0.496 e. The molecule has 1 saturated carbocycles. The maximum atomic E-state index is 10.3. The van der Waals surface area contributed by atoms with Crippen LogP contribution in [0.25, 0.3) is 5.57 Å². The van der Waals surface area contributed by atoms with Gasteiger partial charge in [-0.15, -0.1) is 5.73 Å². The summed E-state index contributed by atoms with van der Waals surface area (Å²) in [4.78, 5) is 0. The maximum Gasteiger partial charge on any atom is 0.127 e. The average molecular weight is 306 g/mol. The minimum atomic E-state index is -0.378. The summed E-state index contributed by atoms with van der Waals surface area (Å²) in [5.74, 6) is 0.824. The zero-order valence-electron chi connectivity index (χ0n) is 13.5. The number of methoxy groups -OCH3 is 1. The van der Waals surface area contributed by atoms with Crippen molar-refractivity contribution in [3.8, 4) is 5.75 Å². The normalized spacial score (nSPS) is 17.5. The van der Waals surface area contributed by atoms with Gasteiger partial charge in [0, 0.05) is 16.7 Å². The third-order valence-corrected chi connectivity index (χ3v) is 4.30. The fraction of sp³-hybridized carbons (Fsp3) is 0.286. The number of ether oxygens (including phenoxy) is 1. The Labute approximate surface area is 137 Å². The number of hydrogen-bond donors (Lipinski definition) is 1. The number of rotatable bonds is 3. The van der Waals surface area contributed by atoms with Gasteiger partial charge in [-0.3, -0.25) is 0 Å². The van der Waals surface area contributed by atoms with E-state index in [0.717, 1.165) is 53.7 Å². The highest BCUT2D eigenvalue weighted by molar-refractivity contribution is 5.82. The molecule has 0 amide bonds. The number of hydrogen-bond acceptors (Lipinski definition) is 2. The first-order valence-electron chi connectivity index (χ1n) is 8.16. The third kappa shape index (κ3) is 3.56. The molecule has 23 heavy (non-hydrogen) atoms. The number of aliphatic hydroxyl groups is 1. The van der Waals surface area contributed by atoms with E-state index in [2.05, 4.69) is 17.9 Å². The van der Waals surface area contributed by atoms with E-state index in [1.165, 1.54) is 0 Å². The predicted octanol–water partition coefficient (Wildman–Crippen LogP) is 4.59. The van der Waals surface area contributed by atoms with E-state index in [-0.39, 0.29) is 6.10 Å². The van der Waals surface area contributed by atoms with Crippen LogP contribution in [0, 0.1) is 0 Å². The van der Waals surface area contributed by atoms with Gasteiger partial charge in [-0.25, -0.2) is 0 Å². The third-order valence-electron chi connectivity index (χ3n) is 4.30. The Morgan fingerprint density at radius 1 is 1.04 bits per heavy atom. The highest BCUT2D eigenvalue weighted by atomic mass is 16.5. The van der Waals surface area contributed by atoms with E-state index in [4.69, 9.17) is 4.74 Å². The number of para-hydroxylation sites is 1. The van der Waals surface area contributed by atoms with Crippen molar-refractivity contribution in [2.75, 3.05) is 7.11 Å². The first-order valence-corrected chi connectivity index (χ1v) is 8.16. The summed E-state index contributed by atoms with van der Waals surface area (Å²) in [7, 11) is 1.68. The van der Waals surface area contributed by atoms with Crippen LogP contribution < -0.4 is 4.74 Å². The Balaban J connectivity index is 2.21. The van der Waals surface area contributed by atoms with Crippen LogP contribution in [-0.2, 0) is 0 Å². The van der Waals surface area contributed by atoms with Crippen LogP contribution in [0.1, 0.15) is 36.8 Å². The summed E-state index contributed by atoms with van der Waals surface area (Å²) in [5.41, 5.74) is 7.59. The molecule has 1 N–H and O–H groups in total. The Bertz CT molecular complexity index is 725. The van der Waals surface area contributed by atoms with Gasteiger partial charge in [-0.05, 0) is 37.0 Å². The lowest BCUT2D eigenvalue weighted by Crippen LogP contribution is -2.14. The second-order valence-electron chi connectivity index (χ2n) is 5.85.